The molecule has 0 saturated heterocycles. The van der Waals surface area contributed by atoms with Crippen molar-refractivity contribution in [1.29, 1.82) is 0 Å². The number of aromatic nitrogens is 3. The van der Waals surface area contributed by atoms with Crippen molar-refractivity contribution >= 4 is 5.96 Å². The number of guanidine groups is 1. The Bertz CT molecular complexity index is 939. The van der Waals surface area contributed by atoms with Crippen LogP contribution < -0.4 is 20.1 Å². The van der Waals surface area contributed by atoms with Gasteiger partial charge < -0.3 is 24.7 Å². The fourth-order valence-corrected chi connectivity index (χ4v) is 4.49. The number of aryl methyl sites for hydroxylation is 2. The highest BCUT2D eigenvalue weighted by atomic mass is 16.5. The van der Waals surface area contributed by atoms with Crippen molar-refractivity contribution < 1.29 is 9.47 Å². The van der Waals surface area contributed by atoms with Gasteiger partial charge in [-0.25, -0.2) is 0 Å². The van der Waals surface area contributed by atoms with Crippen LogP contribution in [-0.2, 0) is 32.4 Å². The third kappa shape index (κ3) is 5.34. The number of hydrogen-bond acceptors (Lipinski definition) is 5. The number of hydrogen-bond donors (Lipinski definition) is 2. The number of nitrogens with one attached hydrogen (secondary N) is 2. The second-order valence-electron chi connectivity index (χ2n) is 8.58. The van der Waals surface area contributed by atoms with Crippen LogP contribution in [0, 0.1) is 0 Å². The van der Waals surface area contributed by atoms with E-state index in [4.69, 9.17) is 9.47 Å². The Labute approximate surface area is 190 Å². The summed E-state index contributed by atoms with van der Waals surface area (Å²) in [5, 5.41) is 15.6. The average molecular weight is 441 g/mol. The van der Waals surface area contributed by atoms with Gasteiger partial charge in [0.2, 0.25) is 0 Å². The number of ether oxygens (including phenoxy) is 2. The molecule has 8 nitrogen and oxygen atoms in total. The van der Waals surface area contributed by atoms with E-state index in [-0.39, 0.29) is 6.10 Å². The van der Waals surface area contributed by atoms with Gasteiger partial charge in [-0.1, -0.05) is 6.42 Å². The maximum Gasteiger partial charge on any atom is 0.191 e. The lowest BCUT2D eigenvalue weighted by atomic mass is 10.1. The van der Waals surface area contributed by atoms with Gasteiger partial charge in [0.15, 0.2) is 5.96 Å². The quantitative estimate of drug-likeness (QED) is 0.373. The standard InChI is InChI=1S/C24H36N6O2/c1-4-31-20-14-18-13-17(2)32-21(18)15-19(20)16-27-24(25-3)26-11-8-10-23-29-28-22-9-6-5-7-12-30(22)23/h14-15,17H,4-13,16H2,1-3H3,(H2,25,26,27). The van der Waals surface area contributed by atoms with E-state index in [9.17, 15) is 0 Å². The van der Waals surface area contributed by atoms with Crippen molar-refractivity contribution in [3.63, 3.8) is 0 Å². The van der Waals surface area contributed by atoms with Crippen molar-refractivity contribution in [1.82, 2.24) is 25.4 Å². The minimum absolute atomic E-state index is 0.220. The summed E-state index contributed by atoms with van der Waals surface area (Å²) >= 11 is 0. The first-order valence-corrected chi connectivity index (χ1v) is 12.0. The van der Waals surface area contributed by atoms with Gasteiger partial charge in [0.05, 0.1) is 6.61 Å². The largest absolute Gasteiger partial charge is 0.494 e. The van der Waals surface area contributed by atoms with Crippen LogP contribution in [0.4, 0.5) is 0 Å². The predicted molar refractivity (Wildman–Crippen MR) is 126 cm³/mol. The van der Waals surface area contributed by atoms with Gasteiger partial charge in [0.25, 0.3) is 0 Å². The van der Waals surface area contributed by atoms with E-state index in [0.29, 0.717) is 13.2 Å². The molecule has 1 atom stereocenters. The van der Waals surface area contributed by atoms with Crippen LogP contribution in [0.5, 0.6) is 11.5 Å². The first kappa shape index (κ1) is 22.4. The Morgan fingerprint density at radius 3 is 3.00 bits per heavy atom. The highest BCUT2D eigenvalue weighted by molar-refractivity contribution is 5.79. The second-order valence-corrected chi connectivity index (χ2v) is 8.58. The van der Waals surface area contributed by atoms with Crippen LogP contribution in [0.25, 0.3) is 0 Å². The molecular formula is C24H36N6O2. The molecule has 3 heterocycles. The highest BCUT2D eigenvalue weighted by Crippen LogP contribution is 2.35. The molecule has 4 rings (SSSR count). The molecular weight excluding hydrogens is 404 g/mol. The Hall–Kier alpha value is -2.77. The summed E-state index contributed by atoms with van der Waals surface area (Å²) in [4.78, 5) is 4.37. The Balaban J connectivity index is 1.28. The van der Waals surface area contributed by atoms with Gasteiger partial charge in [-0.15, -0.1) is 10.2 Å². The molecule has 0 radical (unpaired) electrons. The van der Waals surface area contributed by atoms with Crippen LogP contribution in [0.2, 0.25) is 0 Å². The summed E-state index contributed by atoms with van der Waals surface area (Å²) in [5.41, 5.74) is 2.30. The van der Waals surface area contributed by atoms with Gasteiger partial charge in [0.1, 0.15) is 29.3 Å². The fraction of sp³-hybridized carbons (Fsp3) is 0.625. The number of benzene rings is 1. The first-order chi connectivity index (χ1) is 15.7. The van der Waals surface area contributed by atoms with E-state index >= 15 is 0 Å². The number of fused-ring (bicyclic) bond motifs is 2. The van der Waals surface area contributed by atoms with Crippen LogP contribution in [0.1, 0.15) is 62.3 Å². The van der Waals surface area contributed by atoms with Gasteiger partial charge >= 0.3 is 0 Å². The smallest absolute Gasteiger partial charge is 0.191 e. The molecule has 1 aromatic carbocycles. The summed E-state index contributed by atoms with van der Waals surface area (Å²) in [6.45, 7) is 7.25. The fourth-order valence-electron chi connectivity index (χ4n) is 4.49. The Morgan fingerprint density at radius 1 is 1.25 bits per heavy atom. The summed E-state index contributed by atoms with van der Waals surface area (Å²) < 4.78 is 14.1. The van der Waals surface area contributed by atoms with Crippen molar-refractivity contribution in [2.24, 2.45) is 4.99 Å². The molecule has 0 fully saturated rings. The minimum Gasteiger partial charge on any atom is -0.494 e. The van der Waals surface area contributed by atoms with Crippen LogP contribution >= 0.6 is 0 Å². The van der Waals surface area contributed by atoms with E-state index in [0.717, 1.165) is 73.4 Å². The molecule has 2 aliphatic heterocycles. The van der Waals surface area contributed by atoms with Gasteiger partial charge in [0, 0.05) is 57.1 Å². The molecule has 32 heavy (non-hydrogen) atoms. The molecule has 0 saturated carbocycles. The van der Waals surface area contributed by atoms with Gasteiger partial charge in [-0.05, 0) is 45.2 Å². The number of rotatable bonds is 8. The first-order valence-electron chi connectivity index (χ1n) is 12.0. The SMILES string of the molecule is CCOc1cc2c(cc1CNC(=NC)NCCCc1nnc3n1CCCCC3)OC(C)C2. The van der Waals surface area contributed by atoms with Crippen LogP contribution in [0.15, 0.2) is 17.1 Å². The lowest BCUT2D eigenvalue weighted by Gasteiger charge is -2.16. The lowest BCUT2D eigenvalue weighted by molar-refractivity contribution is 0.254. The van der Waals surface area contributed by atoms with E-state index in [1.165, 1.54) is 24.8 Å². The van der Waals surface area contributed by atoms with Crippen molar-refractivity contribution in [2.45, 2.75) is 78.0 Å². The zero-order chi connectivity index (χ0) is 22.3. The normalized spacial score (nSPS) is 17.8. The minimum atomic E-state index is 0.220. The van der Waals surface area contributed by atoms with Gasteiger partial charge in [-0.3, -0.25) is 4.99 Å². The highest BCUT2D eigenvalue weighted by Gasteiger charge is 2.22. The van der Waals surface area contributed by atoms with Gasteiger partial charge in [-0.2, -0.15) is 0 Å². The van der Waals surface area contributed by atoms with E-state index in [1.807, 2.05) is 6.92 Å². The van der Waals surface area contributed by atoms with Crippen molar-refractivity contribution in [3.8, 4) is 11.5 Å². The topological polar surface area (TPSA) is 85.6 Å². The summed E-state index contributed by atoms with van der Waals surface area (Å²) in [7, 11) is 1.80. The molecule has 1 unspecified atom stereocenters. The lowest BCUT2D eigenvalue weighted by Crippen LogP contribution is -2.37. The third-order valence-electron chi connectivity index (χ3n) is 6.10. The Morgan fingerprint density at radius 2 is 2.16 bits per heavy atom. The molecule has 0 bridgehead atoms. The van der Waals surface area contributed by atoms with E-state index < -0.39 is 0 Å². The maximum absolute atomic E-state index is 5.93. The monoisotopic (exact) mass is 440 g/mol. The van der Waals surface area contributed by atoms with Crippen molar-refractivity contribution in [3.05, 3.63) is 34.9 Å². The average Bonchev–Trinajstić information content (AvgIpc) is 3.25. The molecule has 1 aromatic heterocycles. The van der Waals surface area contributed by atoms with Crippen LogP contribution in [-0.4, -0.2) is 47.0 Å². The molecule has 2 aliphatic rings. The zero-order valence-corrected chi connectivity index (χ0v) is 19.6. The zero-order valence-electron chi connectivity index (χ0n) is 19.6. The summed E-state index contributed by atoms with van der Waals surface area (Å²) in [6, 6.07) is 4.22. The van der Waals surface area contributed by atoms with E-state index in [2.05, 4.69) is 49.4 Å². The Kier molecular flexibility index (Phi) is 7.50. The molecule has 174 valence electrons. The maximum atomic E-state index is 5.93. The van der Waals surface area contributed by atoms with Crippen molar-refractivity contribution in [2.75, 3.05) is 20.2 Å². The second kappa shape index (κ2) is 10.7. The number of nitrogens with zero attached hydrogens (tertiary/aromatic N) is 4. The molecule has 0 aliphatic carbocycles. The number of aliphatic imine (C=N–C) groups is 1. The molecule has 2 N–H and O–H groups in total. The molecule has 8 heteroatoms. The van der Waals surface area contributed by atoms with E-state index in [1.54, 1.807) is 7.05 Å². The molecule has 0 spiro atoms. The third-order valence-corrected chi connectivity index (χ3v) is 6.10. The van der Waals surface area contributed by atoms with Crippen LogP contribution in [0.3, 0.4) is 0 Å². The molecule has 0 amide bonds. The predicted octanol–water partition coefficient (Wildman–Crippen LogP) is 3.02. The summed E-state index contributed by atoms with van der Waals surface area (Å²) in [6.07, 6.45) is 7.84. The summed E-state index contributed by atoms with van der Waals surface area (Å²) in [5.74, 6) is 4.93. The molecule has 2 aromatic rings.